The van der Waals surface area contributed by atoms with Gasteiger partial charge < -0.3 is 10.3 Å². The number of amides is 1. The van der Waals surface area contributed by atoms with E-state index >= 15 is 0 Å². The molecule has 0 saturated carbocycles. The second kappa shape index (κ2) is 7.23. The van der Waals surface area contributed by atoms with Crippen LogP contribution in [0.15, 0.2) is 65.2 Å². The van der Waals surface area contributed by atoms with Gasteiger partial charge in [-0.25, -0.2) is 0 Å². The highest BCUT2D eigenvalue weighted by molar-refractivity contribution is 7.83. The molecule has 0 unspecified atom stereocenters. The summed E-state index contributed by atoms with van der Waals surface area (Å²) < 4.78 is 17.6. The number of aromatic nitrogens is 1. The average molecular weight is 340 g/mol. The molecule has 6 heteroatoms. The van der Waals surface area contributed by atoms with E-state index in [2.05, 4.69) is 5.16 Å². The Hall–Kier alpha value is -2.73. The van der Waals surface area contributed by atoms with Gasteiger partial charge in [-0.05, 0) is 17.7 Å². The van der Waals surface area contributed by atoms with Gasteiger partial charge in [-0.3, -0.25) is 9.00 Å². The fourth-order valence-electron chi connectivity index (χ4n) is 2.34. The van der Waals surface area contributed by atoms with Gasteiger partial charge in [0.15, 0.2) is 0 Å². The molecule has 0 aliphatic rings. The lowest BCUT2D eigenvalue weighted by Crippen LogP contribution is -2.11. The highest BCUT2D eigenvalue weighted by Crippen LogP contribution is 2.20. The second-order valence-corrected chi connectivity index (χ2v) is 6.79. The molecule has 0 radical (unpaired) electrons. The Morgan fingerprint density at radius 1 is 1.04 bits per heavy atom. The van der Waals surface area contributed by atoms with Crippen molar-refractivity contribution >= 4 is 16.7 Å². The maximum absolute atomic E-state index is 12.3. The molecule has 122 valence electrons. The smallest absolute Gasteiger partial charge is 0.248 e. The van der Waals surface area contributed by atoms with Gasteiger partial charge in [0.25, 0.3) is 0 Å². The van der Waals surface area contributed by atoms with E-state index in [0.29, 0.717) is 17.1 Å². The number of nitrogens with two attached hydrogens (primary N) is 1. The van der Waals surface area contributed by atoms with Crippen LogP contribution in [0.2, 0.25) is 0 Å². The Morgan fingerprint density at radius 3 is 2.58 bits per heavy atom. The Labute approximate surface area is 141 Å². The number of primary amides is 1. The van der Waals surface area contributed by atoms with Crippen molar-refractivity contribution in [2.75, 3.05) is 0 Å². The molecule has 0 saturated heterocycles. The summed E-state index contributed by atoms with van der Waals surface area (Å²) >= 11 is 0. The molecule has 1 aromatic heterocycles. The van der Waals surface area contributed by atoms with Crippen LogP contribution >= 0.6 is 0 Å². The Balaban J connectivity index is 1.66. The predicted molar refractivity (Wildman–Crippen MR) is 92.4 cm³/mol. The van der Waals surface area contributed by atoms with Crippen LogP contribution in [-0.4, -0.2) is 15.3 Å². The lowest BCUT2D eigenvalue weighted by atomic mass is 10.1. The van der Waals surface area contributed by atoms with Crippen molar-refractivity contribution in [3.8, 4) is 11.3 Å². The van der Waals surface area contributed by atoms with E-state index in [1.54, 1.807) is 24.3 Å². The van der Waals surface area contributed by atoms with Gasteiger partial charge in [0.05, 0.1) is 5.75 Å². The molecule has 2 aromatic carbocycles. The molecule has 1 atom stereocenters. The molecule has 1 heterocycles. The van der Waals surface area contributed by atoms with Crippen LogP contribution in [0, 0.1) is 0 Å². The van der Waals surface area contributed by atoms with E-state index < -0.39 is 16.7 Å². The third-order valence-electron chi connectivity index (χ3n) is 3.47. The summed E-state index contributed by atoms with van der Waals surface area (Å²) in [6.45, 7) is 0. The van der Waals surface area contributed by atoms with E-state index in [4.69, 9.17) is 10.3 Å². The number of carbonyl (C=O) groups is 1. The molecule has 0 aliphatic heterocycles. The molecule has 0 spiro atoms. The summed E-state index contributed by atoms with van der Waals surface area (Å²) in [6.07, 6.45) is 0. The zero-order valence-corrected chi connectivity index (χ0v) is 13.7. The Morgan fingerprint density at radius 2 is 1.83 bits per heavy atom. The number of rotatable bonds is 6. The lowest BCUT2D eigenvalue weighted by molar-refractivity contribution is 0.1000. The van der Waals surface area contributed by atoms with Crippen molar-refractivity contribution in [1.82, 2.24) is 5.16 Å². The third-order valence-corrected chi connectivity index (χ3v) is 4.73. The Bertz CT molecular complexity index is 875. The molecule has 0 bridgehead atoms. The van der Waals surface area contributed by atoms with Gasteiger partial charge in [0.1, 0.15) is 11.5 Å². The van der Waals surface area contributed by atoms with Crippen LogP contribution in [0.25, 0.3) is 11.3 Å². The van der Waals surface area contributed by atoms with Gasteiger partial charge in [0.2, 0.25) is 5.91 Å². The lowest BCUT2D eigenvalue weighted by Gasteiger charge is -2.02. The quantitative estimate of drug-likeness (QED) is 0.747. The minimum atomic E-state index is -1.17. The van der Waals surface area contributed by atoms with E-state index in [-0.39, 0.29) is 5.75 Å². The molecule has 3 rings (SSSR count). The highest BCUT2D eigenvalue weighted by atomic mass is 32.2. The summed E-state index contributed by atoms with van der Waals surface area (Å²) in [5.74, 6) is 0.659. The SMILES string of the molecule is NC(=O)c1cccc(C[S@@](=O)Cc2cc(-c3ccccc3)no2)c1. The maximum atomic E-state index is 12.3. The van der Waals surface area contributed by atoms with E-state index in [1.807, 2.05) is 36.4 Å². The van der Waals surface area contributed by atoms with Crippen molar-refractivity contribution in [1.29, 1.82) is 0 Å². The monoisotopic (exact) mass is 340 g/mol. The van der Waals surface area contributed by atoms with Gasteiger partial charge in [0, 0.05) is 33.7 Å². The molecule has 3 aromatic rings. The minimum Gasteiger partial charge on any atom is -0.366 e. The van der Waals surface area contributed by atoms with Crippen molar-refractivity contribution in [3.63, 3.8) is 0 Å². The normalized spacial score (nSPS) is 12.0. The summed E-state index contributed by atoms with van der Waals surface area (Å²) in [5, 5.41) is 4.01. The van der Waals surface area contributed by atoms with Crippen molar-refractivity contribution in [2.24, 2.45) is 5.73 Å². The second-order valence-electron chi connectivity index (χ2n) is 5.34. The van der Waals surface area contributed by atoms with E-state index in [1.165, 1.54) is 0 Å². The number of hydrogen-bond donors (Lipinski definition) is 1. The topological polar surface area (TPSA) is 86.2 Å². The first-order valence-electron chi connectivity index (χ1n) is 7.36. The van der Waals surface area contributed by atoms with Gasteiger partial charge in [-0.1, -0.05) is 47.6 Å². The fourth-order valence-corrected chi connectivity index (χ4v) is 3.44. The van der Waals surface area contributed by atoms with E-state index in [0.717, 1.165) is 16.8 Å². The molecule has 0 fully saturated rings. The first kappa shape index (κ1) is 16.1. The van der Waals surface area contributed by atoms with Gasteiger partial charge in [-0.15, -0.1) is 0 Å². The average Bonchev–Trinajstić information content (AvgIpc) is 3.04. The molecule has 1 amide bonds. The van der Waals surface area contributed by atoms with Crippen LogP contribution in [0.3, 0.4) is 0 Å². The molecule has 2 N–H and O–H groups in total. The zero-order chi connectivity index (χ0) is 16.9. The summed E-state index contributed by atoms with van der Waals surface area (Å²) in [6, 6.07) is 18.3. The fraction of sp³-hybridized carbons (Fsp3) is 0.111. The van der Waals surface area contributed by atoms with Crippen LogP contribution in [0.5, 0.6) is 0 Å². The highest BCUT2D eigenvalue weighted by Gasteiger charge is 2.11. The first-order chi connectivity index (χ1) is 11.6. The summed E-state index contributed by atoms with van der Waals surface area (Å²) in [5.41, 5.74) is 8.14. The molecule has 0 aliphatic carbocycles. The van der Waals surface area contributed by atoms with Crippen molar-refractivity contribution in [2.45, 2.75) is 11.5 Å². The van der Waals surface area contributed by atoms with Crippen LogP contribution in [0.1, 0.15) is 21.7 Å². The number of benzene rings is 2. The summed E-state index contributed by atoms with van der Waals surface area (Å²) in [7, 11) is -1.17. The molecule has 5 nitrogen and oxygen atoms in total. The number of hydrogen-bond acceptors (Lipinski definition) is 4. The minimum absolute atomic E-state index is 0.265. The molecular weight excluding hydrogens is 324 g/mol. The van der Waals surface area contributed by atoms with Crippen LogP contribution in [0.4, 0.5) is 0 Å². The molecular formula is C18H16N2O3S. The predicted octanol–water partition coefficient (Wildman–Crippen LogP) is 2.89. The Kier molecular flexibility index (Phi) is 4.86. The van der Waals surface area contributed by atoms with Crippen LogP contribution in [-0.2, 0) is 22.3 Å². The summed E-state index contributed by atoms with van der Waals surface area (Å²) in [4.78, 5) is 11.2. The van der Waals surface area contributed by atoms with Crippen molar-refractivity contribution < 1.29 is 13.5 Å². The van der Waals surface area contributed by atoms with E-state index in [9.17, 15) is 9.00 Å². The number of carbonyl (C=O) groups excluding carboxylic acids is 1. The van der Waals surface area contributed by atoms with Gasteiger partial charge in [-0.2, -0.15) is 0 Å². The standard InChI is InChI=1S/C18H16N2O3S/c19-18(21)15-8-4-5-13(9-15)11-24(22)12-16-10-17(20-23-16)14-6-2-1-3-7-14/h1-10H,11-12H2,(H2,19,21)/t24-/m1/s1. The third kappa shape index (κ3) is 3.97. The first-order valence-corrected chi connectivity index (χ1v) is 8.85. The van der Waals surface area contributed by atoms with Gasteiger partial charge >= 0.3 is 0 Å². The van der Waals surface area contributed by atoms with Crippen LogP contribution < -0.4 is 5.73 Å². The zero-order valence-electron chi connectivity index (χ0n) is 12.8. The van der Waals surface area contributed by atoms with Crippen molar-refractivity contribution in [3.05, 3.63) is 77.6 Å². The maximum Gasteiger partial charge on any atom is 0.248 e. The number of nitrogens with zero attached hydrogens (tertiary/aromatic N) is 1. The largest absolute Gasteiger partial charge is 0.366 e. The molecule has 24 heavy (non-hydrogen) atoms.